The molecule has 2 aliphatic rings. The van der Waals surface area contributed by atoms with Crippen LogP contribution in [0.4, 0.5) is 0 Å². The molecule has 0 N–H and O–H groups in total. The fraction of sp³-hybridized carbons (Fsp3) is 0.0179. The van der Waals surface area contributed by atoms with Gasteiger partial charge in [0.2, 0.25) is 0 Å². The van der Waals surface area contributed by atoms with Gasteiger partial charge < -0.3 is 4.42 Å². The van der Waals surface area contributed by atoms with Crippen LogP contribution < -0.4 is 0 Å². The maximum absolute atomic E-state index is 6.64. The molecule has 4 heteroatoms. The maximum atomic E-state index is 6.64. The third kappa shape index (κ3) is 4.53. The summed E-state index contributed by atoms with van der Waals surface area (Å²) in [6.45, 7) is 0. The highest BCUT2D eigenvalue weighted by molar-refractivity contribution is 6.22. The van der Waals surface area contributed by atoms with E-state index in [0.717, 1.165) is 55.0 Å². The minimum absolute atomic E-state index is 0.391. The highest BCUT2D eigenvalue weighted by Gasteiger charge is 2.51. The van der Waals surface area contributed by atoms with Gasteiger partial charge in [0.25, 0.3) is 0 Å². The molecule has 2 heterocycles. The molecule has 13 rings (SSSR count). The zero-order valence-corrected chi connectivity index (χ0v) is 32.3. The predicted octanol–water partition coefficient (Wildman–Crippen LogP) is 13.9. The Kier molecular flexibility index (Phi) is 6.90. The molecular formula is C56H33N3O. The van der Waals surface area contributed by atoms with E-state index >= 15 is 0 Å². The monoisotopic (exact) mass is 763 g/mol. The maximum Gasteiger partial charge on any atom is 0.167 e. The third-order valence-electron chi connectivity index (χ3n) is 12.8. The molecule has 0 unspecified atom stereocenters. The van der Waals surface area contributed by atoms with Crippen molar-refractivity contribution in [3.63, 3.8) is 0 Å². The van der Waals surface area contributed by atoms with Gasteiger partial charge in [-0.1, -0.05) is 188 Å². The predicted molar refractivity (Wildman–Crippen MR) is 243 cm³/mol. The van der Waals surface area contributed by atoms with Crippen molar-refractivity contribution in [3.05, 3.63) is 222 Å². The van der Waals surface area contributed by atoms with Crippen LogP contribution in [0.5, 0.6) is 0 Å². The van der Waals surface area contributed by atoms with E-state index in [2.05, 4.69) is 158 Å². The summed E-state index contributed by atoms with van der Waals surface area (Å²) in [6, 6.07) is 71.4. The number of hydrogen-bond acceptors (Lipinski definition) is 4. The van der Waals surface area contributed by atoms with Crippen molar-refractivity contribution in [2.24, 2.45) is 0 Å². The number of benzene rings is 9. The normalized spacial score (nSPS) is 13.1. The molecule has 0 aliphatic heterocycles. The summed E-state index contributed by atoms with van der Waals surface area (Å²) in [4.78, 5) is 15.5. The summed E-state index contributed by atoms with van der Waals surface area (Å²) in [5.74, 6) is 1.78. The Morgan fingerprint density at radius 3 is 1.60 bits per heavy atom. The summed E-state index contributed by atoms with van der Waals surface area (Å²) in [5.41, 5.74) is 16.7. The average Bonchev–Trinajstić information content (AvgIpc) is 3.96. The number of fused-ring (bicyclic) bond motifs is 15. The highest BCUT2D eigenvalue weighted by atomic mass is 16.3. The lowest BCUT2D eigenvalue weighted by atomic mass is 9.70. The fourth-order valence-electron chi connectivity index (χ4n) is 10.3. The van der Waals surface area contributed by atoms with Gasteiger partial charge in [-0.2, -0.15) is 0 Å². The highest BCUT2D eigenvalue weighted by Crippen LogP contribution is 2.64. The zero-order chi connectivity index (χ0) is 39.4. The van der Waals surface area contributed by atoms with Gasteiger partial charge >= 0.3 is 0 Å². The Morgan fingerprint density at radius 1 is 0.350 bits per heavy atom. The number of furan rings is 1. The number of nitrogens with zero attached hydrogens (tertiary/aromatic N) is 3. The van der Waals surface area contributed by atoms with Gasteiger partial charge in [-0.25, -0.2) is 15.0 Å². The second-order valence-electron chi connectivity index (χ2n) is 15.8. The average molecular weight is 764 g/mol. The van der Waals surface area contributed by atoms with Crippen LogP contribution in [-0.4, -0.2) is 15.0 Å². The fourth-order valence-corrected chi connectivity index (χ4v) is 10.3. The number of para-hydroxylation sites is 1. The van der Waals surface area contributed by atoms with Gasteiger partial charge in [0, 0.05) is 21.9 Å². The molecule has 0 radical (unpaired) electrons. The van der Waals surface area contributed by atoms with Crippen LogP contribution in [0.3, 0.4) is 0 Å². The van der Waals surface area contributed by atoms with Crippen molar-refractivity contribution in [2.75, 3.05) is 0 Å². The van der Waals surface area contributed by atoms with Crippen molar-refractivity contribution >= 4 is 32.7 Å². The van der Waals surface area contributed by atoms with E-state index in [1.54, 1.807) is 0 Å². The Morgan fingerprint density at radius 2 is 0.867 bits per heavy atom. The SMILES string of the molecule is c1ccc(-c2nc(-c3ccc(-c4cccc5c4-c4ccccc4C54c5ccccc5-c5ccccc54)cc3)nc(-c3cc4ccccc4c4c3oc3ccccc34)n2)cc1. The van der Waals surface area contributed by atoms with E-state index < -0.39 is 5.41 Å². The lowest BCUT2D eigenvalue weighted by Crippen LogP contribution is -2.25. The first-order chi connectivity index (χ1) is 29.8. The molecule has 1 spiro atoms. The van der Waals surface area contributed by atoms with Crippen LogP contribution in [0.25, 0.3) is 100 Å². The van der Waals surface area contributed by atoms with E-state index in [4.69, 9.17) is 19.4 Å². The molecule has 278 valence electrons. The first-order valence-electron chi connectivity index (χ1n) is 20.4. The van der Waals surface area contributed by atoms with Crippen LogP contribution in [0.2, 0.25) is 0 Å². The van der Waals surface area contributed by atoms with Gasteiger partial charge in [0.1, 0.15) is 11.2 Å². The van der Waals surface area contributed by atoms with Crippen LogP contribution in [0, 0.1) is 0 Å². The molecule has 60 heavy (non-hydrogen) atoms. The number of hydrogen-bond donors (Lipinski definition) is 0. The first kappa shape index (κ1) is 33.1. The van der Waals surface area contributed by atoms with Gasteiger partial charge in [-0.15, -0.1) is 0 Å². The van der Waals surface area contributed by atoms with E-state index in [0.29, 0.717) is 17.5 Å². The number of rotatable bonds is 4. The molecule has 0 amide bonds. The van der Waals surface area contributed by atoms with Gasteiger partial charge in [-0.3, -0.25) is 0 Å². The molecular weight excluding hydrogens is 731 g/mol. The van der Waals surface area contributed by atoms with Gasteiger partial charge in [-0.05, 0) is 78.5 Å². The molecule has 11 aromatic rings. The molecule has 0 saturated heterocycles. The Balaban J connectivity index is 0.986. The summed E-state index contributed by atoms with van der Waals surface area (Å²) in [7, 11) is 0. The Hall–Kier alpha value is -7.95. The molecule has 0 fully saturated rings. The second kappa shape index (κ2) is 12.5. The van der Waals surface area contributed by atoms with Crippen LogP contribution in [0.15, 0.2) is 205 Å². The van der Waals surface area contributed by atoms with Crippen molar-refractivity contribution in [3.8, 4) is 67.5 Å². The minimum atomic E-state index is -0.391. The largest absolute Gasteiger partial charge is 0.455 e. The van der Waals surface area contributed by atoms with E-state index in [1.807, 2.05) is 42.5 Å². The van der Waals surface area contributed by atoms with E-state index in [-0.39, 0.29) is 0 Å². The molecule has 2 aromatic heterocycles. The standard InChI is InChI=1S/C56H33N3O/c1-2-15-35(16-3-1)53-57-54(59-55(58-53)44-33-37-17-4-5-18-39(37)51-43-22-9-13-28-49(43)60-52(44)51)36-31-29-34(30-32-36)38-23-14-27-48-50(38)42-21-8-12-26-47(42)56(48)45-24-10-6-19-40(45)41-20-7-11-25-46(41)56/h1-33H. The molecule has 0 saturated carbocycles. The van der Waals surface area contributed by atoms with Crippen molar-refractivity contribution < 1.29 is 4.42 Å². The van der Waals surface area contributed by atoms with Crippen molar-refractivity contribution in [1.29, 1.82) is 0 Å². The smallest absolute Gasteiger partial charge is 0.167 e. The Bertz CT molecular complexity index is 3500. The minimum Gasteiger partial charge on any atom is -0.455 e. The molecule has 9 aromatic carbocycles. The lowest BCUT2D eigenvalue weighted by molar-refractivity contribution is 0.670. The van der Waals surface area contributed by atoms with Crippen molar-refractivity contribution in [2.45, 2.75) is 5.41 Å². The summed E-state index contributed by atoms with van der Waals surface area (Å²) >= 11 is 0. The first-order valence-corrected chi connectivity index (χ1v) is 20.4. The van der Waals surface area contributed by atoms with Gasteiger partial charge in [0.05, 0.1) is 11.0 Å². The molecule has 4 nitrogen and oxygen atoms in total. The zero-order valence-electron chi connectivity index (χ0n) is 32.3. The molecule has 0 atom stereocenters. The topological polar surface area (TPSA) is 51.8 Å². The molecule has 0 bridgehead atoms. The summed E-state index contributed by atoms with van der Waals surface area (Å²) in [6.07, 6.45) is 0. The Labute approximate surface area is 346 Å². The third-order valence-corrected chi connectivity index (χ3v) is 12.8. The van der Waals surface area contributed by atoms with Crippen LogP contribution in [0.1, 0.15) is 22.3 Å². The molecule has 2 aliphatic carbocycles. The quantitative estimate of drug-likeness (QED) is 0.179. The summed E-state index contributed by atoms with van der Waals surface area (Å²) < 4.78 is 6.64. The van der Waals surface area contributed by atoms with E-state index in [9.17, 15) is 0 Å². The lowest BCUT2D eigenvalue weighted by Gasteiger charge is -2.30. The van der Waals surface area contributed by atoms with E-state index in [1.165, 1.54) is 50.1 Å². The van der Waals surface area contributed by atoms with Crippen LogP contribution >= 0.6 is 0 Å². The van der Waals surface area contributed by atoms with Crippen LogP contribution in [-0.2, 0) is 5.41 Å². The van der Waals surface area contributed by atoms with Crippen molar-refractivity contribution in [1.82, 2.24) is 15.0 Å². The number of aromatic nitrogens is 3. The second-order valence-corrected chi connectivity index (χ2v) is 15.8. The summed E-state index contributed by atoms with van der Waals surface area (Å²) in [5, 5.41) is 4.37. The van der Waals surface area contributed by atoms with Gasteiger partial charge in [0.15, 0.2) is 17.5 Å².